The summed E-state index contributed by atoms with van der Waals surface area (Å²) >= 11 is 0. The normalized spacial score (nSPS) is 20.6. The molecule has 0 aromatic heterocycles. The average molecular weight is 152 g/mol. The molecule has 1 aliphatic rings. The second-order valence-corrected chi connectivity index (χ2v) is 3.23. The molecule has 0 radical (unpaired) electrons. The Morgan fingerprint density at radius 2 is 1.82 bits per heavy atom. The summed E-state index contributed by atoms with van der Waals surface area (Å²) < 4.78 is 0. The Morgan fingerprint density at radius 1 is 1.18 bits per heavy atom. The summed E-state index contributed by atoms with van der Waals surface area (Å²) in [6, 6.07) is 2.75. The Bertz CT molecular complexity index is 129. The Labute approximate surface area is 68.6 Å². The van der Waals surface area contributed by atoms with E-state index < -0.39 is 0 Å². The van der Waals surface area contributed by atoms with E-state index in [1.807, 2.05) is 0 Å². The molecule has 62 valence electrons. The van der Waals surface area contributed by atoms with Gasteiger partial charge in [-0.3, -0.25) is 0 Å². The van der Waals surface area contributed by atoms with Gasteiger partial charge in [0.25, 0.3) is 0 Å². The van der Waals surface area contributed by atoms with Gasteiger partial charge in [-0.05, 0) is 12.8 Å². The lowest BCUT2D eigenvalue weighted by atomic mass is 10.1. The molecular formula is C9H16N2. The zero-order chi connectivity index (χ0) is 7.94. The van der Waals surface area contributed by atoms with Gasteiger partial charge in [-0.2, -0.15) is 5.26 Å². The number of hydrogen-bond acceptors (Lipinski definition) is 2. The highest BCUT2D eigenvalue weighted by Crippen LogP contribution is 2.16. The van der Waals surface area contributed by atoms with Crippen LogP contribution in [0.25, 0.3) is 0 Å². The van der Waals surface area contributed by atoms with Crippen LogP contribution in [0.3, 0.4) is 0 Å². The zero-order valence-electron chi connectivity index (χ0n) is 6.97. The van der Waals surface area contributed by atoms with E-state index in [0.717, 1.165) is 0 Å². The van der Waals surface area contributed by atoms with Crippen molar-refractivity contribution in [1.29, 1.82) is 5.26 Å². The first-order valence-corrected chi connectivity index (χ1v) is 4.54. The third-order valence-corrected chi connectivity index (χ3v) is 2.32. The molecular weight excluding hydrogens is 136 g/mol. The molecule has 1 saturated carbocycles. The molecule has 0 aromatic carbocycles. The maximum absolute atomic E-state index is 8.35. The van der Waals surface area contributed by atoms with E-state index >= 15 is 0 Å². The topological polar surface area (TPSA) is 35.8 Å². The van der Waals surface area contributed by atoms with E-state index in [0.29, 0.717) is 12.6 Å². The highest BCUT2D eigenvalue weighted by Gasteiger charge is 2.09. The lowest BCUT2D eigenvalue weighted by Crippen LogP contribution is -2.28. The fraction of sp³-hybridized carbons (Fsp3) is 0.889. The van der Waals surface area contributed by atoms with Crippen LogP contribution in [-0.2, 0) is 0 Å². The van der Waals surface area contributed by atoms with E-state index in [-0.39, 0.29) is 0 Å². The molecule has 0 atom stereocenters. The molecule has 1 aliphatic carbocycles. The third kappa shape index (κ3) is 3.38. The average Bonchev–Trinajstić information content (AvgIpc) is 2.28. The van der Waals surface area contributed by atoms with E-state index in [1.165, 1.54) is 38.5 Å². The van der Waals surface area contributed by atoms with Gasteiger partial charge >= 0.3 is 0 Å². The number of nitrogens with one attached hydrogen (secondary N) is 1. The summed E-state index contributed by atoms with van der Waals surface area (Å²) in [4.78, 5) is 0. The predicted molar refractivity (Wildman–Crippen MR) is 45.1 cm³/mol. The first kappa shape index (κ1) is 8.55. The van der Waals surface area contributed by atoms with Gasteiger partial charge in [-0.1, -0.05) is 25.7 Å². The summed E-state index contributed by atoms with van der Waals surface area (Å²) in [5.41, 5.74) is 0. The van der Waals surface area contributed by atoms with Crippen LogP contribution in [0.15, 0.2) is 0 Å². The third-order valence-electron chi connectivity index (χ3n) is 2.32. The van der Waals surface area contributed by atoms with Gasteiger partial charge in [0.05, 0.1) is 12.6 Å². The maximum Gasteiger partial charge on any atom is 0.0843 e. The van der Waals surface area contributed by atoms with E-state index in [1.54, 1.807) is 0 Å². The number of hydrogen-bond donors (Lipinski definition) is 1. The SMILES string of the molecule is N#CCNC1CCCCCC1. The van der Waals surface area contributed by atoms with Gasteiger partial charge in [0.15, 0.2) is 0 Å². The molecule has 0 aliphatic heterocycles. The van der Waals surface area contributed by atoms with Crippen LogP contribution in [0.4, 0.5) is 0 Å². The summed E-state index contributed by atoms with van der Waals surface area (Å²) in [5, 5.41) is 11.6. The van der Waals surface area contributed by atoms with Crippen molar-refractivity contribution in [2.24, 2.45) is 0 Å². The second-order valence-electron chi connectivity index (χ2n) is 3.23. The maximum atomic E-state index is 8.35. The second kappa shape index (κ2) is 5.15. The van der Waals surface area contributed by atoms with Crippen molar-refractivity contribution in [3.05, 3.63) is 0 Å². The summed E-state index contributed by atoms with van der Waals surface area (Å²) in [6.45, 7) is 0.519. The lowest BCUT2D eigenvalue weighted by Gasteiger charge is -2.12. The highest BCUT2D eigenvalue weighted by atomic mass is 14.9. The monoisotopic (exact) mass is 152 g/mol. The van der Waals surface area contributed by atoms with E-state index in [4.69, 9.17) is 5.26 Å². The van der Waals surface area contributed by atoms with Crippen molar-refractivity contribution in [3.8, 4) is 6.07 Å². The Hall–Kier alpha value is -0.550. The predicted octanol–water partition coefficient (Wildman–Crippen LogP) is 1.82. The van der Waals surface area contributed by atoms with Crippen LogP contribution in [0.2, 0.25) is 0 Å². The van der Waals surface area contributed by atoms with E-state index in [9.17, 15) is 0 Å². The van der Waals surface area contributed by atoms with Gasteiger partial charge in [0, 0.05) is 6.04 Å². The van der Waals surface area contributed by atoms with Crippen molar-refractivity contribution in [2.75, 3.05) is 6.54 Å². The van der Waals surface area contributed by atoms with Crippen molar-refractivity contribution in [1.82, 2.24) is 5.32 Å². The smallest absolute Gasteiger partial charge is 0.0843 e. The van der Waals surface area contributed by atoms with Crippen LogP contribution in [0.5, 0.6) is 0 Å². The van der Waals surface area contributed by atoms with Crippen molar-refractivity contribution >= 4 is 0 Å². The van der Waals surface area contributed by atoms with Gasteiger partial charge in [-0.15, -0.1) is 0 Å². The first-order chi connectivity index (χ1) is 5.43. The minimum Gasteiger partial charge on any atom is -0.302 e. The summed E-state index contributed by atoms with van der Waals surface area (Å²) in [5.74, 6) is 0. The van der Waals surface area contributed by atoms with Crippen LogP contribution in [0.1, 0.15) is 38.5 Å². The molecule has 2 nitrogen and oxygen atoms in total. The number of rotatable bonds is 2. The molecule has 0 bridgehead atoms. The fourth-order valence-electron chi connectivity index (χ4n) is 1.67. The molecule has 0 saturated heterocycles. The molecule has 0 heterocycles. The molecule has 1 rings (SSSR count). The molecule has 0 unspecified atom stereocenters. The van der Waals surface area contributed by atoms with Gasteiger partial charge < -0.3 is 5.32 Å². The van der Waals surface area contributed by atoms with Crippen molar-refractivity contribution in [3.63, 3.8) is 0 Å². The first-order valence-electron chi connectivity index (χ1n) is 4.54. The van der Waals surface area contributed by atoms with Crippen LogP contribution in [-0.4, -0.2) is 12.6 Å². The van der Waals surface area contributed by atoms with Gasteiger partial charge in [0.2, 0.25) is 0 Å². The van der Waals surface area contributed by atoms with Crippen molar-refractivity contribution in [2.45, 2.75) is 44.6 Å². The summed E-state index contributed by atoms with van der Waals surface area (Å²) in [7, 11) is 0. The number of nitriles is 1. The lowest BCUT2D eigenvalue weighted by molar-refractivity contribution is 0.483. The van der Waals surface area contributed by atoms with Gasteiger partial charge in [0.1, 0.15) is 0 Å². The minimum absolute atomic E-state index is 0.519. The highest BCUT2D eigenvalue weighted by molar-refractivity contribution is 4.78. The fourth-order valence-corrected chi connectivity index (χ4v) is 1.67. The van der Waals surface area contributed by atoms with Crippen LogP contribution < -0.4 is 5.32 Å². The Morgan fingerprint density at radius 3 is 2.36 bits per heavy atom. The van der Waals surface area contributed by atoms with Crippen LogP contribution in [0, 0.1) is 11.3 Å². The summed E-state index contributed by atoms with van der Waals surface area (Å²) in [6.07, 6.45) is 7.96. The zero-order valence-corrected chi connectivity index (χ0v) is 6.97. The Balaban J connectivity index is 2.15. The molecule has 0 aromatic rings. The number of nitrogens with zero attached hydrogens (tertiary/aromatic N) is 1. The molecule has 0 spiro atoms. The molecule has 11 heavy (non-hydrogen) atoms. The molecule has 1 N–H and O–H groups in total. The standard InChI is InChI=1S/C9H16N2/c10-7-8-11-9-5-3-1-2-4-6-9/h9,11H,1-6,8H2. The molecule has 1 fully saturated rings. The molecule has 2 heteroatoms. The minimum atomic E-state index is 0.519. The Kier molecular flexibility index (Phi) is 4.00. The van der Waals surface area contributed by atoms with Crippen LogP contribution >= 0.6 is 0 Å². The van der Waals surface area contributed by atoms with E-state index in [2.05, 4.69) is 11.4 Å². The van der Waals surface area contributed by atoms with Gasteiger partial charge in [-0.25, -0.2) is 0 Å². The largest absolute Gasteiger partial charge is 0.302 e. The quantitative estimate of drug-likeness (QED) is 0.484. The van der Waals surface area contributed by atoms with Crippen molar-refractivity contribution < 1.29 is 0 Å². The molecule has 0 amide bonds.